The zero-order chi connectivity index (χ0) is 11.1. The molecule has 1 aliphatic heterocycles. The molecule has 1 aliphatic rings. The first-order valence-electron chi connectivity index (χ1n) is 5.91. The molecular weight excluding hydrogens is 182 g/mol. The second-order valence-corrected chi connectivity index (χ2v) is 4.52. The predicted molar refractivity (Wildman–Crippen MR) is 67.8 cm³/mol. The Morgan fingerprint density at radius 1 is 1.07 bits per heavy atom. The molecule has 0 aromatic heterocycles. The van der Waals surface area contributed by atoms with Gasteiger partial charge >= 0.3 is 0 Å². The van der Waals surface area contributed by atoms with Crippen LogP contribution in [0, 0.1) is 0 Å². The molecular formula is C14H23N. The zero-order valence-corrected chi connectivity index (χ0v) is 10.3. The summed E-state index contributed by atoms with van der Waals surface area (Å²) in [6.45, 7) is 8.92. The largest absolute Gasteiger partial charge is 0.377 e. The Labute approximate surface area is 94.2 Å². The Bertz CT molecular complexity index is 261. The minimum absolute atomic E-state index is 1.05. The molecule has 84 valence electrons. The average Bonchev–Trinajstić information content (AvgIpc) is 2.66. The molecule has 0 saturated carbocycles. The fourth-order valence-electron chi connectivity index (χ4n) is 1.66. The number of rotatable bonds is 4. The van der Waals surface area contributed by atoms with E-state index in [1.54, 1.807) is 0 Å². The molecule has 1 heterocycles. The highest BCUT2D eigenvalue weighted by Crippen LogP contribution is 2.09. The van der Waals surface area contributed by atoms with Crippen LogP contribution in [0.15, 0.2) is 35.6 Å². The number of likely N-dealkylation sites (tertiary alicyclic amines) is 1. The van der Waals surface area contributed by atoms with Crippen LogP contribution >= 0.6 is 0 Å². The molecule has 0 N–H and O–H groups in total. The van der Waals surface area contributed by atoms with E-state index in [0.29, 0.717) is 0 Å². The number of hydrogen-bond acceptors (Lipinski definition) is 1. The molecule has 0 radical (unpaired) electrons. The third-order valence-electron chi connectivity index (χ3n) is 2.65. The quantitative estimate of drug-likeness (QED) is 0.497. The summed E-state index contributed by atoms with van der Waals surface area (Å²) in [4.78, 5) is 2.40. The normalized spacial score (nSPS) is 17.5. The van der Waals surface area contributed by atoms with Gasteiger partial charge in [0.2, 0.25) is 0 Å². The van der Waals surface area contributed by atoms with Gasteiger partial charge in [-0.15, -0.1) is 0 Å². The summed E-state index contributed by atoms with van der Waals surface area (Å²) in [5.74, 6) is 0. The summed E-state index contributed by atoms with van der Waals surface area (Å²) in [6, 6.07) is 0. The Kier molecular flexibility index (Phi) is 5.23. The number of allylic oxidation sites excluding steroid dienone is 5. The SMILES string of the molecule is CC(C)=CC/C=C(C)/C=C/N1CCCC1. The molecule has 0 bridgehead atoms. The van der Waals surface area contributed by atoms with Gasteiger partial charge < -0.3 is 4.90 Å². The lowest BCUT2D eigenvalue weighted by Gasteiger charge is -2.09. The summed E-state index contributed by atoms with van der Waals surface area (Å²) in [6.07, 6.45) is 12.8. The molecule has 0 aromatic rings. The smallest absolute Gasteiger partial charge is 0.0173 e. The summed E-state index contributed by atoms with van der Waals surface area (Å²) in [7, 11) is 0. The second-order valence-electron chi connectivity index (χ2n) is 4.52. The van der Waals surface area contributed by atoms with E-state index in [-0.39, 0.29) is 0 Å². The van der Waals surface area contributed by atoms with Crippen LogP contribution in [0.4, 0.5) is 0 Å². The highest BCUT2D eigenvalue weighted by atomic mass is 15.1. The molecule has 1 nitrogen and oxygen atoms in total. The van der Waals surface area contributed by atoms with E-state index in [0.717, 1.165) is 6.42 Å². The second kappa shape index (κ2) is 6.49. The van der Waals surface area contributed by atoms with Crippen molar-refractivity contribution in [1.29, 1.82) is 0 Å². The molecule has 1 rings (SSSR count). The average molecular weight is 205 g/mol. The van der Waals surface area contributed by atoms with Crippen LogP contribution in [-0.4, -0.2) is 18.0 Å². The Hall–Kier alpha value is -0.980. The minimum atomic E-state index is 1.05. The van der Waals surface area contributed by atoms with Crippen molar-refractivity contribution < 1.29 is 0 Å². The van der Waals surface area contributed by atoms with Crippen LogP contribution in [0.5, 0.6) is 0 Å². The third kappa shape index (κ3) is 5.46. The lowest BCUT2D eigenvalue weighted by Crippen LogP contribution is -2.10. The Morgan fingerprint density at radius 2 is 1.73 bits per heavy atom. The highest BCUT2D eigenvalue weighted by molar-refractivity contribution is 5.17. The van der Waals surface area contributed by atoms with Gasteiger partial charge in [-0.25, -0.2) is 0 Å². The van der Waals surface area contributed by atoms with E-state index in [2.05, 4.69) is 50.1 Å². The van der Waals surface area contributed by atoms with Crippen molar-refractivity contribution in [3.05, 3.63) is 35.6 Å². The monoisotopic (exact) mass is 205 g/mol. The molecule has 1 heteroatoms. The fraction of sp³-hybridized carbons (Fsp3) is 0.571. The van der Waals surface area contributed by atoms with Gasteiger partial charge in [-0.3, -0.25) is 0 Å². The van der Waals surface area contributed by atoms with E-state index >= 15 is 0 Å². The van der Waals surface area contributed by atoms with Crippen LogP contribution in [-0.2, 0) is 0 Å². The maximum absolute atomic E-state index is 2.40. The lowest BCUT2D eigenvalue weighted by molar-refractivity contribution is 0.468. The van der Waals surface area contributed by atoms with Crippen molar-refractivity contribution in [1.82, 2.24) is 4.90 Å². The topological polar surface area (TPSA) is 3.24 Å². The molecule has 0 aromatic carbocycles. The summed E-state index contributed by atoms with van der Waals surface area (Å²) < 4.78 is 0. The number of hydrogen-bond donors (Lipinski definition) is 0. The fourth-order valence-corrected chi connectivity index (χ4v) is 1.66. The van der Waals surface area contributed by atoms with Gasteiger partial charge in [0.05, 0.1) is 0 Å². The van der Waals surface area contributed by atoms with E-state index in [1.165, 1.54) is 37.1 Å². The van der Waals surface area contributed by atoms with Crippen LogP contribution in [0.3, 0.4) is 0 Å². The van der Waals surface area contributed by atoms with Gasteiger partial charge in [0.25, 0.3) is 0 Å². The van der Waals surface area contributed by atoms with Gasteiger partial charge in [0.15, 0.2) is 0 Å². The molecule has 1 saturated heterocycles. The minimum Gasteiger partial charge on any atom is -0.377 e. The predicted octanol–water partition coefficient (Wildman–Crippen LogP) is 3.90. The first-order chi connectivity index (χ1) is 7.18. The van der Waals surface area contributed by atoms with Gasteiger partial charge in [-0.2, -0.15) is 0 Å². The van der Waals surface area contributed by atoms with Crippen LogP contribution in [0.1, 0.15) is 40.0 Å². The molecule has 1 fully saturated rings. The zero-order valence-electron chi connectivity index (χ0n) is 10.3. The molecule has 15 heavy (non-hydrogen) atoms. The van der Waals surface area contributed by atoms with Crippen molar-refractivity contribution in [3.8, 4) is 0 Å². The van der Waals surface area contributed by atoms with Gasteiger partial charge in [-0.05, 0) is 52.3 Å². The van der Waals surface area contributed by atoms with Crippen LogP contribution in [0.25, 0.3) is 0 Å². The van der Waals surface area contributed by atoms with Crippen LogP contribution in [0.2, 0.25) is 0 Å². The van der Waals surface area contributed by atoms with Crippen LogP contribution < -0.4 is 0 Å². The van der Waals surface area contributed by atoms with Crippen molar-refractivity contribution >= 4 is 0 Å². The highest BCUT2D eigenvalue weighted by Gasteiger charge is 2.05. The van der Waals surface area contributed by atoms with E-state index < -0.39 is 0 Å². The van der Waals surface area contributed by atoms with Crippen molar-refractivity contribution in [3.63, 3.8) is 0 Å². The number of nitrogens with zero attached hydrogens (tertiary/aromatic N) is 1. The first kappa shape index (κ1) is 12.1. The van der Waals surface area contributed by atoms with Gasteiger partial charge in [0.1, 0.15) is 0 Å². The van der Waals surface area contributed by atoms with Crippen molar-refractivity contribution in [2.75, 3.05) is 13.1 Å². The maximum Gasteiger partial charge on any atom is 0.0173 e. The summed E-state index contributed by atoms with van der Waals surface area (Å²) >= 11 is 0. The van der Waals surface area contributed by atoms with Gasteiger partial charge in [0, 0.05) is 13.1 Å². The van der Waals surface area contributed by atoms with E-state index in [9.17, 15) is 0 Å². The lowest BCUT2D eigenvalue weighted by atomic mass is 10.2. The maximum atomic E-state index is 2.40. The van der Waals surface area contributed by atoms with Gasteiger partial charge in [-0.1, -0.05) is 23.3 Å². The molecule has 0 amide bonds. The first-order valence-corrected chi connectivity index (χ1v) is 5.91. The standard InChI is InChI=1S/C14H23N/c1-13(2)7-6-8-14(3)9-12-15-10-4-5-11-15/h7-9,12H,4-6,10-11H2,1-3H3/b12-9+,14-8+. The molecule has 0 unspecified atom stereocenters. The van der Waals surface area contributed by atoms with E-state index in [1.807, 2.05) is 0 Å². The Balaban J connectivity index is 2.33. The third-order valence-corrected chi connectivity index (χ3v) is 2.65. The van der Waals surface area contributed by atoms with Crippen molar-refractivity contribution in [2.24, 2.45) is 0 Å². The Morgan fingerprint density at radius 3 is 2.33 bits per heavy atom. The molecule has 0 spiro atoms. The summed E-state index contributed by atoms with van der Waals surface area (Å²) in [5.41, 5.74) is 2.75. The molecule has 0 atom stereocenters. The summed E-state index contributed by atoms with van der Waals surface area (Å²) in [5, 5.41) is 0. The van der Waals surface area contributed by atoms with Crippen molar-refractivity contribution in [2.45, 2.75) is 40.0 Å². The van der Waals surface area contributed by atoms with E-state index in [4.69, 9.17) is 0 Å². The molecule has 0 aliphatic carbocycles.